The Morgan fingerprint density at radius 1 is 1.14 bits per heavy atom. The van der Waals surface area contributed by atoms with E-state index in [0.717, 1.165) is 15.7 Å². The number of nitrogens with one attached hydrogen (secondary N) is 1. The molecule has 0 saturated carbocycles. The van der Waals surface area contributed by atoms with Crippen LogP contribution in [0.3, 0.4) is 0 Å². The molecule has 110 valence electrons. The molecule has 2 rings (SSSR count). The highest BCUT2D eigenvalue weighted by atomic mass is 79.9. The standard InChI is InChI=1S/C16H17BrClN3/c1-10-3-11(2)5-15(4-10)21-16(19)20-9-12-6-13(17)8-14(18)7-12/h3-8H,9H2,1-2H3,(H3,19,20,21). The van der Waals surface area contributed by atoms with Crippen molar-refractivity contribution in [2.45, 2.75) is 20.4 Å². The van der Waals surface area contributed by atoms with Gasteiger partial charge in [-0.05, 0) is 60.9 Å². The Labute approximate surface area is 138 Å². The third-order valence-corrected chi connectivity index (χ3v) is 3.52. The molecule has 0 atom stereocenters. The molecule has 0 heterocycles. The number of nitrogens with two attached hydrogens (primary N) is 1. The lowest BCUT2D eigenvalue weighted by Crippen LogP contribution is -2.22. The quantitative estimate of drug-likeness (QED) is 0.614. The first kappa shape index (κ1) is 15.9. The van der Waals surface area contributed by atoms with Gasteiger partial charge in [0.15, 0.2) is 5.96 Å². The van der Waals surface area contributed by atoms with Crippen LogP contribution in [0, 0.1) is 13.8 Å². The van der Waals surface area contributed by atoms with Gasteiger partial charge in [0, 0.05) is 15.2 Å². The average Bonchev–Trinajstić information content (AvgIpc) is 2.34. The van der Waals surface area contributed by atoms with E-state index >= 15 is 0 Å². The molecule has 0 saturated heterocycles. The Balaban J connectivity index is 2.07. The summed E-state index contributed by atoms with van der Waals surface area (Å²) in [5, 5.41) is 3.78. The van der Waals surface area contributed by atoms with E-state index in [1.165, 1.54) is 11.1 Å². The summed E-state index contributed by atoms with van der Waals surface area (Å²) in [6.07, 6.45) is 0. The molecule has 0 spiro atoms. The predicted octanol–water partition coefficient (Wildman–Crippen LogP) is 4.65. The Hall–Kier alpha value is -1.52. The monoisotopic (exact) mass is 365 g/mol. The fraction of sp³-hybridized carbons (Fsp3) is 0.188. The number of rotatable bonds is 3. The number of anilines is 1. The van der Waals surface area contributed by atoms with Crippen molar-refractivity contribution < 1.29 is 0 Å². The van der Waals surface area contributed by atoms with E-state index in [4.69, 9.17) is 17.3 Å². The van der Waals surface area contributed by atoms with Crippen LogP contribution in [0.4, 0.5) is 5.69 Å². The number of hydrogen-bond acceptors (Lipinski definition) is 1. The Morgan fingerprint density at radius 3 is 2.43 bits per heavy atom. The van der Waals surface area contributed by atoms with Crippen molar-refractivity contribution >= 4 is 39.2 Å². The van der Waals surface area contributed by atoms with Crippen molar-refractivity contribution in [1.29, 1.82) is 0 Å². The van der Waals surface area contributed by atoms with Crippen LogP contribution < -0.4 is 11.1 Å². The Kier molecular flexibility index (Phi) is 5.26. The minimum Gasteiger partial charge on any atom is -0.370 e. The van der Waals surface area contributed by atoms with E-state index in [-0.39, 0.29) is 0 Å². The predicted molar refractivity (Wildman–Crippen MR) is 94.0 cm³/mol. The van der Waals surface area contributed by atoms with Crippen LogP contribution in [0.25, 0.3) is 0 Å². The maximum absolute atomic E-state index is 6.00. The number of benzene rings is 2. The molecule has 0 aromatic heterocycles. The minimum atomic E-state index is 0.385. The van der Waals surface area contributed by atoms with Gasteiger partial charge in [0.25, 0.3) is 0 Å². The number of hydrogen-bond donors (Lipinski definition) is 2. The SMILES string of the molecule is Cc1cc(C)cc(NC(N)=NCc2cc(Cl)cc(Br)c2)c1. The van der Waals surface area contributed by atoms with Crippen molar-refractivity contribution in [1.82, 2.24) is 0 Å². The van der Waals surface area contributed by atoms with E-state index in [9.17, 15) is 0 Å². The minimum absolute atomic E-state index is 0.385. The molecule has 2 aromatic carbocycles. The second kappa shape index (κ2) is 6.96. The molecule has 0 bridgehead atoms. The maximum Gasteiger partial charge on any atom is 0.193 e. The van der Waals surface area contributed by atoms with Crippen LogP contribution in [0.15, 0.2) is 45.9 Å². The van der Waals surface area contributed by atoms with Crippen molar-refractivity contribution in [2.24, 2.45) is 10.7 Å². The first-order chi connectivity index (χ1) is 9.92. The van der Waals surface area contributed by atoms with Crippen LogP contribution in [-0.2, 0) is 6.54 Å². The normalized spacial score (nSPS) is 11.5. The van der Waals surface area contributed by atoms with Gasteiger partial charge in [-0.15, -0.1) is 0 Å². The van der Waals surface area contributed by atoms with Gasteiger partial charge in [0.1, 0.15) is 0 Å². The smallest absolute Gasteiger partial charge is 0.193 e. The lowest BCUT2D eigenvalue weighted by atomic mass is 10.1. The molecule has 0 radical (unpaired) electrons. The topological polar surface area (TPSA) is 50.4 Å². The molecule has 0 aliphatic heterocycles. The highest BCUT2D eigenvalue weighted by Crippen LogP contribution is 2.20. The third-order valence-electron chi connectivity index (χ3n) is 2.85. The van der Waals surface area contributed by atoms with Gasteiger partial charge < -0.3 is 11.1 Å². The fourth-order valence-corrected chi connectivity index (χ4v) is 3.04. The Bertz CT molecular complexity index is 643. The molecule has 0 amide bonds. The second-order valence-corrected chi connectivity index (χ2v) is 6.33. The zero-order chi connectivity index (χ0) is 15.4. The first-order valence-electron chi connectivity index (χ1n) is 6.52. The molecular weight excluding hydrogens is 350 g/mol. The summed E-state index contributed by atoms with van der Waals surface area (Å²) in [4.78, 5) is 4.34. The number of aliphatic imine (C=N–C) groups is 1. The molecule has 0 aliphatic rings. The molecular formula is C16H17BrClN3. The van der Waals surface area contributed by atoms with E-state index in [1.807, 2.05) is 30.3 Å². The molecule has 5 heteroatoms. The fourth-order valence-electron chi connectivity index (χ4n) is 2.11. The van der Waals surface area contributed by atoms with Crippen molar-refractivity contribution in [3.05, 3.63) is 62.6 Å². The summed E-state index contributed by atoms with van der Waals surface area (Å²) in [5.74, 6) is 0.385. The average molecular weight is 367 g/mol. The number of guanidine groups is 1. The van der Waals surface area contributed by atoms with E-state index < -0.39 is 0 Å². The van der Waals surface area contributed by atoms with Crippen molar-refractivity contribution in [2.75, 3.05) is 5.32 Å². The molecule has 0 aliphatic carbocycles. The van der Waals surface area contributed by atoms with Gasteiger partial charge in [-0.1, -0.05) is 33.6 Å². The largest absolute Gasteiger partial charge is 0.370 e. The lowest BCUT2D eigenvalue weighted by molar-refractivity contribution is 1.06. The molecule has 0 unspecified atom stereocenters. The van der Waals surface area contributed by atoms with Gasteiger partial charge in [0.05, 0.1) is 6.54 Å². The van der Waals surface area contributed by atoms with Crippen LogP contribution in [0.2, 0.25) is 5.02 Å². The molecule has 21 heavy (non-hydrogen) atoms. The molecule has 3 nitrogen and oxygen atoms in total. The van der Waals surface area contributed by atoms with Crippen LogP contribution in [-0.4, -0.2) is 5.96 Å². The summed E-state index contributed by atoms with van der Waals surface area (Å²) in [6.45, 7) is 4.58. The van der Waals surface area contributed by atoms with Crippen LogP contribution >= 0.6 is 27.5 Å². The third kappa shape index (κ3) is 5.06. The summed E-state index contributed by atoms with van der Waals surface area (Å²) < 4.78 is 0.932. The van der Waals surface area contributed by atoms with Crippen molar-refractivity contribution in [3.8, 4) is 0 Å². The van der Waals surface area contributed by atoms with Gasteiger partial charge in [0.2, 0.25) is 0 Å². The number of nitrogens with zero attached hydrogens (tertiary/aromatic N) is 1. The maximum atomic E-state index is 6.00. The Morgan fingerprint density at radius 2 is 1.81 bits per heavy atom. The summed E-state index contributed by atoms with van der Waals surface area (Å²) in [5.41, 5.74) is 10.2. The zero-order valence-electron chi connectivity index (χ0n) is 12.0. The number of aryl methyl sites for hydroxylation is 2. The molecule has 0 fully saturated rings. The van der Waals surface area contributed by atoms with Gasteiger partial charge >= 0.3 is 0 Å². The van der Waals surface area contributed by atoms with Gasteiger partial charge in [-0.3, -0.25) is 0 Å². The second-order valence-electron chi connectivity index (χ2n) is 4.98. The highest BCUT2D eigenvalue weighted by Gasteiger charge is 2.00. The van der Waals surface area contributed by atoms with Crippen molar-refractivity contribution in [3.63, 3.8) is 0 Å². The summed E-state index contributed by atoms with van der Waals surface area (Å²) in [7, 11) is 0. The summed E-state index contributed by atoms with van der Waals surface area (Å²) >= 11 is 9.41. The zero-order valence-corrected chi connectivity index (χ0v) is 14.3. The van der Waals surface area contributed by atoms with Crippen LogP contribution in [0.5, 0.6) is 0 Å². The lowest BCUT2D eigenvalue weighted by Gasteiger charge is -2.08. The first-order valence-corrected chi connectivity index (χ1v) is 7.70. The van der Waals surface area contributed by atoms with Gasteiger partial charge in [-0.25, -0.2) is 4.99 Å². The molecule has 2 aromatic rings. The van der Waals surface area contributed by atoms with Gasteiger partial charge in [-0.2, -0.15) is 0 Å². The van der Waals surface area contributed by atoms with E-state index in [2.05, 4.69) is 46.2 Å². The highest BCUT2D eigenvalue weighted by molar-refractivity contribution is 9.10. The molecule has 3 N–H and O–H groups in total. The van der Waals surface area contributed by atoms with E-state index in [0.29, 0.717) is 17.5 Å². The van der Waals surface area contributed by atoms with Crippen LogP contribution in [0.1, 0.15) is 16.7 Å². The van der Waals surface area contributed by atoms with E-state index in [1.54, 1.807) is 0 Å². The number of halogens is 2. The summed E-state index contributed by atoms with van der Waals surface area (Å²) in [6, 6.07) is 11.9.